The van der Waals surface area contributed by atoms with Gasteiger partial charge < -0.3 is 14.2 Å². The summed E-state index contributed by atoms with van der Waals surface area (Å²) in [4.78, 5) is 0. The van der Waals surface area contributed by atoms with Crippen LogP contribution in [0.5, 0.6) is 23.0 Å². The maximum absolute atomic E-state index is 6.72. The predicted octanol–water partition coefficient (Wildman–Crippen LogP) is 6.64. The zero-order chi connectivity index (χ0) is 20.9. The Morgan fingerprint density at radius 3 is 1.42 bits per heavy atom. The molecule has 6 rings (SSSR count). The molecule has 0 N–H and O–H groups in total. The molecule has 0 heterocycles. The first kappa shape index (κ1) is 18.1. The lowest BCUT2D eigenvalue weighted by molar-refractivity contribution is 0.353. The monoisotopic (exact) mass is 406 g/mol. The van der Waals surface area contributed by atoms with Gasteiger partial charge in [0.05, 0.1) is 14.2 Å². The first-order valence-corrected chi connectivity index (χ1v) is 10.5. The van der Waals surface area contributed by atoms with E-state index in [0.29, 0.717) is 0 Å². The molecule has 0 radical (unpaired) electrons. The summed E-state index contributed by atoms with van der Waals surface area (Å²) in [7, 11) is 3.39. The maximum Gasteiger partial charge on any atom is 0.173 e. The van der Waals surface area contributed by atoms with Gasteiger partial charge in [-0.2, -0.15) is 0 Å². The highest BCUT2D eigenvalue weighted by molar-refractivity contribution is 5.83. The quantitative estimate of drug-likeness (QED) is 0.328. The maximum atomic E-state index is 6.72. The molecule has 31 heavy (non-hydrogen) atoms. The fourth-order valence-corrected chi connectivity index (χ4v) is 4.97. The van der Waals surface area contributed by atoms with E-state index in [0.717, 1.165) is 47.0 Å². The molecule has 152 valence electrons. The van der Waals surface area contributed by atoms with Crippen LogP contribution in [0.3, 0.4) is 0 Å². The number of methoxy groups -OCH3 is 2. The van der Waals surface area contributed by atoms with E-state index in [-0.39, 0.29) is 0 Å². The lowest BCUT2D eigenvalue weighted by Crippen LogP contribution is -2.00. The van der Waals surface area contributed by atoms with Crippen LogP contribution in [-0.2, 0) is 12.8 Å². The molecule has 4 aromatic rings. The molecule has 4 aromatic carbocycles. The van der Waals surface area contributed by atoms with E-state index >= 15 is 0 Å². The summed E-state index contributed by atoms with van der Waals surface area (Å²) >= 11 is 0. The van der Waals surface area contributed by atoms with Gasteiger partial charge in [0.2, 0.25) is 0 Å². The van der Waals surface area contributed by atoms with Gasteiger partial charge in [0.15, 0.2) is 23.0 Å². The van der Waals surface area contributed by atoms with E-state index < -0.39 is 0 Å². The third-order valence-corrected chi connectivity index (χ3v) is 6.44. The average molecular weight is 406 g/mol. The van der Waals surface area contributed by atoms with E-state index in [1.54, 1.807) is 14.2 Å². The van der Waals surface area contributed by atoms with Gasteiger partial charge >= 0.3 is 0 Å². The summed E-state index contributed by atoms with van der Waals surface area (Å²) in [6, 6.07) is 25.3. The van der Waals surface area contributed by atoms with E-state index in [2.05, 4.69) is 60.7 Å². The Balaban J connectivity index is 1.52. The summed E-state index contributed by atoms with van der Waals surface area (Å²) in [5.41, 5.74) is 9.90. The highest BCUT2D eigenvalue weighted by Gasteiger charge is 2.29. The van der Waals surface area contributed by atoms with Gasteiger partial charge in [-0.3, -0.25) is 0 Å². The molecule has 0 saturated heterocycles. The van der Waals surface area contributed by atoms with Gasteiger partial charge in [0, 0.05) is 24.0 Å². The largest absolute Gasteiger partial charge is 0.493 e. The van der Waals surface area contributed by atoms with Crippen LogP contribution >= 0.6 is 0 Å². The number of benzene rings is 4. The van der Waals surface area contributed by atoms with E-state index in [9.17, 15) is 0 Å². The second kappa shape index (κ2) is 6.92. The Labute approximate surface area is 181 Å². The topological polar surface area (TPSA) is 27.7 Å². The van der Waals surface area contributed by atoms with Gasteiger partial charge in [0.1, 0.15) is 0 Å². The Morgan fingerprint density at radius 1 is 0.516 bits per heavy atom. The SMILES string of the molecule is COc1ccc2c(c1Oc1c(OC)ccc3c1Cc1ccccc1-3)Cc1ccccc1-2. The van der Waals surface area contributed by atoms with Crippen molar-refractivity contribution in [1.82, 2.24) is 0 Å². The van der Waals surface area contributed by atoms with Gasteiger partial charge in [-0.05, 0) is 45.5 Å². The smallest absolute Gasteiger partial charge is 0.173 e. The molecule has 0 saturated carbocycles. The minimum atomic E-state index is 0.738. The molecule has 0 bridgehead atoms. The molecule has 2 aliphatic carbocycles. The third kappa shape index (κ3) is 2.66. The van der Waals surface area contributed by atoms with Crippen molar-refractivity contribution in [3.63, 3.8) is 0 Å². The standard InChI is InChI=1S/C28H22O3/c1-29-25-13-11-21-19-9-5-3-7-17(19)15-23(21)27(25)31-28-24-16-18-8-4-6-10-20(18)22(24)12-14-26(28)30-2/h3-14H,15-16H2,1-2H3. The van der Waals surface area contributed by atoms with Crippen LogP contribution in [0.25, 0.3) is 22.3 Å². The van der Waals surface area contributed by atoms with Crippen LogP contribution in [0.4, 0.5) is 0 Å². The third-order valence-electron chi connectivity index (χ3n) is 6.44. The molecule has 0 unspecified atom stereocenters. The zero-order valence-electron chi connectivity index (χ0n) is 17.6. The number of ether oxygens (including phenoxy) is 3. The molecule has 0 atom stereocenters. The average Bonchev–Trinajstić information content (AvgIpc) is 3.38. The van der Waals surface area contributed by atoms with Crippen molar-refractivity contribution in [2.24, 2.45) is 0 Å². The molecule has 0 spiro atoms. The van der Waals surface area contributed by atoms with Crippen LogP contribution in [0.15, 0.2) is 72.8 Å². The molecule has 3 nitrogen and oxygen atoms in total. The van der Waals surface area contributed by atoms with Gasteiger partial charge in [-0.25, -0.2) is 0 Å². The van der Waals surface area contributed by atoms with Crippen molar-refractivity contribution in [3.8, 4) is 45.3 Å². The van der Waals surface area contributed by atoms with Crippen LogP contribution < -0.4 is 14.2 Å². The summed E-state index contributed by atoms with van der Waals surface area (Å²) in [5.74, 6) is 3.03. The Kier molecular flexibility index (Phi) is 4.03. The van der Waals surface area contributed by atoms with Gasteiger partial charge in [0.25, 0.3) is 0 Å². The molecule has 0 amide bonds. The fraction of sp³-hybridized carbons (Fsp3) is 0.143. The van der Waals surface area contributed by atoms with E-state index in [1.807, 2.05) is 12.1 Å². The van der Waals surface area contributed by atoms with Gasteiger partial charge in [-0.15, -0.1) is 0 Å². The van der Waals surface area contributed by atoms with Crippen molar-refractivity contribution in [1.29, 1.82) is 0 Å². The summed E-state index contributed by atoms with van der Waals surface area (Å²) in [6.45, 7) is 0. The minimum absolute atomic E-state index is 0.738. The van der Waals surface area contributed by atoms with E-state index in [4.69, 9.17) is 14.2 Å². The fourth-order valence-electron chi connectivity index (χ4n) is 4.97. The lowest BCUT2D eigenvalue weighted by atomic mass is 10.0. The summed E-state index contributed by atoms with van der Waals surface area (Å²) in [6.07, 6.45) is 1.66. The first-order valence-electron chi connectivity index (χ1n) is 10.5. The van der Waals surface area contributed by atoms with Crippen LogP contribution in [0.2, 0.25) is 0 Å². The summed E-state index contributed by atoms with van der Waals surface area (Å²) < 4.78 is 18.2. The highest BCUT2D eigenvalue weighted by Crippen LogP contribution is 2.51. The van der Waals surface area contributed by atoms with Crippen LogP contribution in [-0.4, -0.2) is 14.2 Å². The molecule has 3 heteroatoms. The molecular weight excluding hydrogens is 384 g/mol. The van der Waals surface area contributed by atoms with E-state index in [1.165, 1.54) is 33.4 Å². The predicted molar refractivity (Wildman–Crippen MR) is 123 cm³/mol. The van der Waals surface area contributed by atoms with Crippen molar-refractivity contribution >= 4 is 0 Å². The molecule has 0 fully saturated rings. The number of hydrogen-bond donors (Lipinski definition) is 0. The lowest BCUT2D eigenvalue weighted by Gasteiger charge is -2.19. The van der Waals surface area contributed by atoms with Crippen molar-refractivity contribution < 1.29 is 14.2 Å². The Morgan fingerprint density at radius 2 is 0.968 bits per heavy atom. The minimum Gasteiger partial charge on any atom is -0.493 e. The van der Waals surface area contributed by atoms with Crippen molar-refractivity contribution in [3.05, 3.63) is 95.1 Å². The van der Waals surface area contributed by atoms with Crippen molar-refractivity contribution in [2.45, 2.75) is 12.8 Å². The van der Waals surface area contributed by atoms with Crippen LogP contribution in [0.1, 0.15) is 22.3 Å². The molecule has 0 aliphatic heterocycles. The second-order valence-electron chi connectivity index (χ2n) is 8.02. The van der Waals surface area contributed by atoms with Crippen molar-refractivity contribution in [2.75, 3.05) is 14.2 Å². The molecular formula is C28H22O3. The Hall–Kier alpha value is -3.72. The summed E-state index contributed by atoms with van der Waals surface area (Å²) in [5, 5.41) is 0. The second-order valence-corrected chi connectivity index (χ2v) is 8.02. The molecule has 0 aromatic heterocycles. The zero-order valence-corrected chi connectivity index (χ0v) is 17.6. The highest BCUT2D eigenvalue weighted by atomic mass is 16.5. The van der Waals surface area contributed by atoms with Gasteiger partial charge in [-0.1, -0.05) is 60.7 Å². The number of fused-ring (bicyclic) bond motifs is 6. The number of hydrogen-bond acceptors (Lipinski definition) is 3. The number of rotatable bonds is 4. The first-order chi connectivity index (χ1) is 15.3. The normalized spacial score (nSPS) is 12.6. The Bertz CT molecular complexity index is 1230. The molecule has 2 aliphatic rings. The van der Waals surface area contributed by atoms with Crippen LogP contribution in [0, 0.1) is 0 Å².